The Morgan fingerprint density at radius 1 is 0.903 bits per heavy atom. The summed E-state index contributed by atoms with van der Waals surface area (Å²) in [4.78, 5) is 21.2. The summed E-state index contributed by atoms with van der Waals surface area (Å²) in [5.74, 6) is 0.592. The quantitative estimate of drug-likeness (QED) is 0.382. The van der Waals surface area contributed by atoms with E-state index in [1.54, 1.807) is 0 Å². The minimum absolute atomic E-state index is 0.139. The maximum Gasteiger partial charge on any atom is 0.166 e. The summed E-state index contributed by atoms with van der Waals surface area (Å²) >= 11 is 1.47. The molecule has 0 spiro atoms. The van der Waals surface area contributed by atoms with E-state index in [-0.39, 0.29) is 11.8 Å². The lowest BCUT2D eigenvalue weighted by Gasteiger charge is -2.25. The molecule has 154 valence electrons. The number of carbonyl (C=O) groups excluding carboxylic acids is 1. The predicted molar refractivity (Wildman–Crippen MR) is 127 cm³/mol. The molecule has 1 unspecified atom stereocenters. The molecule has 2 N–H and O–H groups in total. The Hall–Kier alpha value is -3.31. The van der Waals surface area contributed by atoms with E-state index in [1.807, 2.05) is 54.6 Å². The summed E-state index contributed by atoms with van der Waals surface area (Å²) < 4.78 is 0. The molecule has 1 atom stereocenters. The van der Waals surface area contributed by atoms with Crippen LogP contribution in [0.25, 0.3) is 22.5 Å². The monoisotopic (exact) mass is 425 g/mol. The lowest BCUT2D eigenvalue weighted by molar-refractivity contribution is -0.117. The maximum absolute atomic E-state index is 12.9. The summed E-state index contributed by atoms with van der Waals surface area (Å²) in [6, 6.07) is 28.4. The Bertz CT molecular complexity index is 1130. The molecular formula is C26H23N3OS. The number of fused-ring (bicyclic) bond motifs is 1. The molecule has 0 bridgehead atoms. The number of H-pyrrole nitrogens is 1. The standard InChI is InChI=1S/C26H23N3OS/c30-23(22-16-15-18-9-7-8-14-21(18)27-22)17-31-26-28-24(19-10-3-1-4-11-19)25(29-26)20-12-5-2-6-13-20/h1-14,22,27H,15-17H2,(H,28,29). The smallest absolute Gasteiger partial charge is 0.166 e. The van der Waals surface area contributed by atoms with Gasteiger partial charge in [0.2, 0.25) is 0 Å². The highest BCUT2D eigenvalue weighted by Gasteiger charge is 2.24. The van der Waals surface area contributed by atoms with Gasteiger partial charge in [-0.3, -0.25) is 4.79 Å². The number of nitrogens with one attached hydrogen (secondary N) is 2. The number of anilines is 1. The van der Waals surface area contributed by atoms with Crippen LogP contribution < -0.4 is 5.32 Å². The van der Waals surface area contributed by atoms with Gasteiger partial charge in [-0.2, -0.15) is 0 Å². The Kier molecular flexibility index (Phi) is 5.59. The van der Waals surface area contributed by atoms with Crippen molar-refractivity contribution in [2.45, 2.75) is 24.0 Å². The third-order valence-electron chi connectivity index (χ3n) is 5.58. The molecule has 0 saturated carbocycles. The van der Waals surface area contributed by atoms with Gasteiger partial charge in [0.05, 0.1) is 23.2 Å². The van der Waals surface area contributed by atoms with Gasteiger partial charge in [-0.05, 0) is 24.5 Å². The molecular weight excluding hydrogens is 402 g/mol. The second-order valence-electron chi connectivity index (χ2n) is 7.65. The number of aryl methyl sites for hydroxylation is 1. The molecule has 5 heteroatoms. The first-order valence-corrected chi connectivity index (χ1v) is 11.5. The second kappa shape index (κ2) is 8.82. The number of imidazole rings is 1. The Morgan fingerprint density at radius 3 is 2.35 bits per heavy atom. The molecule has 0 fully saturated rings. The Balaban J connectivity index is 1.34. The van der Waals surface area contributed by atoms with Gasteiger partial charge >= 0.3 is 0 Å². The number of thioether (sulfide) groups is 1. The highest BCUT2D eigenvalue weighted by molar-refractivity contribution is 7.99. The second-order valence-corrected chi connectivity index (χ2v) is 8.61. The predicted octanol–water partition coefficient (Wildman–Crippen LogP) is 5.83. The minimum atomic E-state index is -0.139. The number of hydrogen-bond acceptors (Lipinski definition) is 4. The van der Waals surface area contributed by atoms with E-state index >= 15 is 0 Å². The molecule has 2 heterocycles. The maximum atomic E-state index is 12.9. The molecule has 0 aliphatic carbocycles. The summed E-state index contributed by atoms with van der Waals surface area (Å²) in [7, 11) is 0. The first-order chi connectivity index (χ1) is 15.3. The molecule has 1 aliphatic heterocycles. The number of para-hydroxylation sites is 1. The fourth-order valence-corrected chi connectivity index (χ4v) is 4.77. The molecule has 31 heavy (non-hydrogen) atoms. The van der Waals surface area contributed by atoms with Crippen molar-refractivity contribution in [1.29, 1.82) is 0 Å². The number of hydrogen-bond donors (Lipinski definition) is 2. The average Bonchev–Trinajstić information content (AvgIpc) is 3.28. The molecule has 1 aromatic heterocycles. The zero-order chi connectivity index (χ0) is 21.0. The van der Waals surface area contributed by atoms with Gasteiger partial charge in [-0.25, -0.2) is 4.98 Å². The molecule has 0 radical (unpaired) electrons. The van der Waals surface area contributed by atoms with Gasteiger partial charge in [0.15, 0.2) is 10.9 Å². The van der Waals surface area contributed by atoms with Crippen LogP contribution in [0.2, 0.25) is 0 Å². The zero-order valence-corrected chi connectivity index (χ0v) is 17.9. The molecule has 4 aromatic rings. The van der Waals surface area contributed by atoms with Gasteiger partial charge in [-0.1, -0.05) is 90.6 Å². The van der Waals surface area contributed by atoms with Crippen LogP contribution in [0.15, 0.2) is 90.1 Å². The van der Waals surface area contributed by atoms with Gasteiger partial charge < -0.3 is 10.3 Å². The number of Topliss-reactive ketones (excluding diaryl/α,β-unsaturated/α-hetero) is 1. The molecule has 1 aliphatic rings. The minimum Gasteiger partial charge on any atom is -0.375 e. The van der Waals surface area contributed by atoms with E-state index in [4.69, 9.17) is 4.98 Å². The van der Waals surface area contributed by atoms with Gasteiger partial charge in [0, 0.05) is 16.8 Å². The number of benzene rings is 3. The largest absolute Gasteiger partial charge is 0.375 e. The van der Waals surface area contributed by atoms with Crippen molar-refractivity contribution in [3.63, 3.8) is 0 Å². The molecule has 3 aromatic carbocycles. The van der Waals surface area contributed by atoms with Crippen LogP contribution >= 0.6 is 11.8 Å². The van der Waals surface area contributed by atoms with Crippen LogP contribution in [0, 0.1) is 0 Å². The van der Waals surface area contributed by atoms with Crippen molar-refractivity contribution in [2.75, 3.05) is 11.1 Å². The van der Waals surface area contributed by atoms with Gasteiger partial charge in [-0.15, -0.1) is 0 Å². The third-order valence-corrected chi connectivity index (χ3v) is 6.48. The van der Waals surface area contributed by atoms with Crippen LogP contribution in [0.3, 0.4) is 0 Å². The van der Waals surface area contributed by atoms with Crippen molar-refractivity contribution in [3.05, 3.63) is 90.5 Å². The van der Waals surface area contributed by atoms with E-state index in [1.165, 1.54) is 17.3 Å². The summed E-state index contributed by atoms with van der Waals surface area (Å²) in [5.41, 5.74) is 6.38. The van der Waals surface area contributed by atoms with Crippen LogP contribution in [0.4, 0.5) is 5.69 Å². The van der Waals surface area contributed by atoms with Crippen molar-refractivity contribution < 1.29 is 4.79 Å². The van der Waals surface area contributed by atoms with Crippen molar-refractivity contribution in [3.8, 4) is 22.5 Å². The zero-order valence-electron chi connectivity index (χ0n) is 17.0. The SMILES string of the molecule is O=C(CSc1nc(-c2ccccc2)c(-c2ccccc2)[nH]1)C1CCc2ccccc2N1. The highest BCUT2D eigenvalue weighted by atomic mass is 32.2. The van der Waals surface area contributed by atoms with E-state index < -0.39 is 0 Å². The van der Waals surface area contributed by atoms with Crippen LogP contribution in [-0.2, 0) is 11.2 Å². The summed E-state index contributed by atoms with van der Waals surface area (Å²) in [5, 5.41) is 4.17. The van der Waals surface area contributed by atoms with E-state index in [9.17, 15) is 4.79 Å². The lowest BCUT2D eigenvalue weighted by Crippen LogP contribution is -2.34. The Morgan fingerprint density at radius 2 is 1.58 bits per heavy atom. The van der Waals surface area contributed by atoms with Crippen molar-refractivity contribution in [2.24, 2.45) is 0 Å². The number of ketones is 1. The van der Waals surface area contributed by atoms with Gasteiger partial charge in [0.1, 0.15) is 0 Å². The average molecular weight is 426 g/mol. The van der Waals surface area contributed by atoms with E-state index in [0.29, 0.717) is 5.75 Å². The number of rotatable bonds is 6. The molecule has 0 amide bonds. The van der Waals surface area contributed by atoms with Crippen LogP contribution in [0.5, 0.6) is 0 Å². The fourth-order valence-electron chi connectivity index (χ4n) is 3.96. The normalized spacial score (nSPS) is 15.2. The fraction of sp³-hybridized carbons (Fsp3) is 0.154. The third kappa shape index (κ3) is 4.28. The van der Waals surface area contributed by atoms with Crippen LogP contribution in [-0.4, -0.2) is 27.5 Å². The number of aromatic nitrogens is 2. The molecule has 5 rings (SSSR count). The summed E-state index contributed by atoms with van der Waals surface area (Å²) in [6.07, 6.45) is 1.76. The molecule has 4 nitrogen and oxygen atoms in total. The highest BCUT2D eigenvalue weighted by Crippen LogP contribution is 2.33. The van der Waals surface area contributed by atoms with Crippen molar-refractivity contribution >= 4 is 23.2 Å². The van der Waals surface area contributed by atoms with Crippen molar-refractivity contribution in [1.82, 2.24) is 9.97 Å². The van der Waals surface area contributed by atoms with Crippen LogP contribution in [0.1, 0.15) is 12.0 Å². The number of aromatic amines is 1. The van der Waals surface area contributed by atoms with E-state index in [2.05, 4.69) is 40.6 Å². The molecule has 0 saturated heterocycles. The number of carbonyl (C=O) groups is 1. The lowest BCUT2D eigenvalue weighted by atomic mass is 9.96. The summed E-state index contributed by atoms with van der Waals surface area (Å²) in [6.45, 7) is 0. The first-order valence-electron chi connectivity index (χ1n) is 10.5. The number of nitrogens with zero attached hydrogens (tertiary/aromatic N) is 1. The van der Waals surface area contributed by atoms with E-state index in [0.717, 1.165) is 46.2 Å². The Labute approximate surface area is 186 Å². The van der Waals surface area contributed by atoms with Gasteiger partial charge in [0.25, 0.3) is 0 Å². The topological polar surface area (TPSA) is 57.8 Å². The first kappa shape index (κ1) is 19.6.